The lowest BCUT2D eigenvalue weighted by atomic mass is 10.1. The predicted octanol–water partition coefficient (Wildman–Crippen LogP) is 2.56. The number of aliphatic hydroxyl groups is 1. The van der Waals surface area contributed by atoms with Crippen LogP contribution in [0, 0.1) is 11.8 Å². The lowest BCUT2D eigenvalue weighted by molar-refractivity contribution is 0.0939. The zero-order valence-corrected chi connectivity index (χ0v) is 13.1. The minimum Gasteiger partial charge on any atom is -0.384 e. The molecule has 1 rings (SSSR count). The van der Waals surface area contributed by atoms with Gasteiger partial charge >= 0.3 is 0 Å². The molecule has 0 bridgehead atoms. The smallest absolute Gasteiger partial charge is 0.251 e. The molecule has 108 valence electrons. The quantitative estimate of drug-likeness (QED) is 0.822. The monoisotopic (exact) mass is 311 g/mol. The van der Waals surface area contributed by atoms with Crippen molar-refractivity contribution in [3.63, 3.8) is 0 Å². The molecule has 1 aromatic rings. The third kappa shape index (κ3) is 5.46. The number of carbonyl (C=O) groups is 1. The van der Waals surface area contributed by atoms with Gasteiger partial charge in [-0.25, -0.2) is 0 Å². The Morgan fingerprint density at radius 3 is 2.90 bits per heavy atom. The second-order valence-electron chi connectivity index (χ2n) is 4.31. The van der Waals surface area contributed by atoms with Crippen LogP contribution in [0.15, 0.2) is 18.2 Å². The fourth-order valence-electron chi connectivity index (χ4n) is 1.57. The standard InChI is InChI=1S/C15H18ClNO2S/c1-11(7-9-20-2)17-15(19)13-6-5-12(4-3-8-18)14(16)10-13/h5-6,10-11,18H,7-9H2,1-2H3,(H,17,19). The Labute approximate surface area is 129 Å². The van der Waals surface area contributed by atoms with Crippen molar-refractivity contribution in [1.29, 1.82) is 0 Å². The molecule has 0 aromatic heterocycles. The maximum absolute atomic E-state index is 12.0. The highest BCUT2D eigenvalue weighted by atomic mass is 35.5. The number of hydrogen-bond acceptors (Lipinski definition) is 3. The van der Waals surface area contributed by atoms with E-state index in [2.05, 4.69) is 17.2 Å². The molecule has 1 amide bonds. The van der Waals surface area contributed by atoms with E-state index in [0.717, 1.165) is 12.2 Å². The molecule has 0 aliphatic carbocycles. The first kappa shape index (κ1) is 16.9. The molecule has 5 heteroatoms. The molecule has 0 saturated carbocycles. The Hall–Kier alpha value is -1.15. The molecule has 1 aromatic carbocycles. The SMILES string of the molecule is CSCCC(C)NC(=O)c1ccc(C#CCO)c(Cl)c1. The number of amides is 1. The van der Waals surface area contributed by atoms with Crippen molar-refractivity contribution in [1.82, 2.24) is 5.32 Å². The highest BCUT2D eigenvalue weighted by molar-refractivity contribution is 7.98. The Bertz CT molecular complexity index is 522. The van der Waals surface area contributed by atoms with E-state index in [-0.39, 0.29) is 18.6 Å². The van der Waals surface area contributed by atoms with Crippen molar-refractivity contribution in [2.45, 2.75) is 19.4 Å². The van der Waals surface area contributed by atoms with E-state index in [1.54, 1.807) is 30.0 Å². The Balaban J connectivity index is 2.72. The maximum Gasteiger partial charge on any atom is 0.251 e. The molecular formula is C15H18ClNO2S. The van der Waals surface area contributed by atoms with Gasteiger partial charge in [0.05, 0.1) is 5.02 Å². The third-order valence-corrected chi connectivity index (χ3v) is 3.62. The van der Waals surface area contributed by atoms with Crippen LogP contribution in [0.3, 0.4) is 0 Å². The Morgan fingerprint density at radius 1 is 1.55 bits per heavy atom. The molecule has 20 heavy (non-hydrogen) atoms. The number of hydrogen-bond donors (Lipinski definition) is 2. The fraction of sp³-hybridized carbons (Fsp3) is 0.400. The zero-order chi connectivity index (χ0) is 15.0. The van der Waals surface area contributed by atoms with Gasteiger partial charge in [-0.15, -0.1) is 0 Å². The van der Waals surface area contributed by atoms with Crippen LogP contribution in [0.4, 0.5) is 0 Å². The second kappa shape index (κ2) is 8.91. The van der Waals surface area contributed by atoms with Crippen molar-refractivity contribution in [3.05, 3.63) is 34.3 Å². The highest BCUT2D eigenvalue weighted by Gasteiger charge is 2.11. The van der Waals surface area contributed by atoms with Gasteiger partial charge in [-0.1, -0.05) is 23.4 Å². The summed E-state index contributed by atoms with van der Waals surface area (Å²) in [7, 11) is 0. The van der Waals surface area contributed by atoms with E-state index >= 15 is 0 Å². The minimum atomic E-state index is -0.217. The van der Waals surface area contributed by atoms with Crippen LogP contribution in [0.25, 0.3) is 0 Å². The van der Waals surface area contributed by atoms with Crippen LogP contribution in [0.2, 0.25) is 5.02 Å². The lowest BCUT2D eigenvalue weighted by Gasteiger charge is -2.13. The molecule has 3 nitrogen and oxygen atoms in total. The number of rotatable bonds is 5. The van der Waals surface area contributed by atoms with Crippen molar-refractivity contribution in [3.8, 4) is 11.8 Å². The van der Waals surface area contributed by atoms with Gasteiger partial charge in [0.15, 0.2) is 0 Å². The van der Waals surface area contributed by atoms with Crippen LogP contribution in [-0.2, 0) is 0 Å². The summed E-state index contributed by atoms with van der Waals surface area (Å²) in [4.78, 5) is 12.0. The molecule has 0 heterocycles. The van der Waals surface area contributed by atoms with Gasteiger partial charge < -0.3 is 10.4 Å². The summed E-state index contributed by atoms with van der Waals surface area (Å²) in [6.45, 7) is 1.77. The van der Waals surface area contributed by atoms with Crippen molar-refractivity contribution in [2.24, 2.45) is 0 Å². The third-order valence-electron chi connectivity index (χ3n) is 2.67. The van der Waals surface area contributed by atoms with E-state index in [9.17, 15) is 4.79 Å². The normalized spacial score (nSPS) is 11.4. The summed E-state index contributed by atoms with van der Waals surface area (Å²) in [5.74, 6) is 6.13. The van der Waals surface area contributed by atoms with E-state index in [1.807, 2.05) is 13.2 Å². The Morgan fingerprint density at radius 2 is 2.30 bits per heavy atom. The average Bonchev–Trinajstić information content (AvgIpc) is 2.43. The van der Waals surface area contributed by atoms with E-state index in [4.69, 9.17) is 16.7 Å². The van der Waals surface area contributed by atoms with E-state index < -0.39 is 0 Å². The van der Waals surface area contributed by atoms with E-state index in [0.29, 0.717) is 16.1 Å². The Kier molecular flexibility index (Phi) is 7.53. The van der Waals surface area contributed by atoms with Gasteiger partial charge in [0, 0.05) is 17.2 Å². The highest BCUT2D eigenvalue weighted by Crippen LogP contribution is 2.17. The summed E-state index contributed by atoms with van der Waals surface area (Å²) in [6, 6.07) is 5.10. The first-order valence-electron chi connectivity index (χ1n) is 6.27. The topological polar surface area (TPSA) is 49.3 Å². The molecular weight excluding hydrogens is 294 g/mol. The van der Waals surface area contributed by atoms with Gasteiger partial charge in [-0.05, 0) is 43.6 Å². The fourth-order valence-corrected chi connectivity index (χ4v) is 2.38. The van der Waals surface area contributed by atoms with Crippen LogP contribution in [-0.4, -0.2) is 35.7 Å². The summed E-state index contributed by atoms with van der Waals surface area (Å²) < 4.78 is 0. The van der Waals surface area contributed by atoms with Gasteiger partial charge in [-0.3, -0.25) is 4.79 Å². The van der Waals surface area contributed by atoms with Crippen LogP contribution in [0.1, 0.15) is 29.3 Å². The molecule has 0 saturated heterocycles. The number of benzene rings is 1. The molecule has 0 aliphatic rings. The van der Waals surface area contributed by atoms with Crippen molar-refractivity contribution in [2.75, 3.05) is 18.6 Å². The summed E-state index contributed by atoms with van der Waals surface area (Å²) in [6.07, 6.45) is 2.97. The van der Waals surface area contributed by atoms with Crippen LogP contribution >= 0.6 is 23.4 Å². The number of thioether (sulfide) groups is 1. The summed E-state index contributed by atoms with van der Waals surface area (Å²) in [5.41, 5.74) is 1.12. The van der Waals surface area contributed by atoms with Gasteiger partial charge in [0.25, 0.3) is 5.91 Å². The largest absolute Gasteiger partial charge is 0.384 e. The van der Waals surface area contributed by atoms with Crippen molar-refractivity contribution < 1.29 is 9.90 Å². The molecule has 0 radical (unpaired) electrons. The minimum absolute atomic E-state index is 0.127. The van der Waals surface area contributed by atoms with E-state index in [1.165, 1.54) is 0 Å². The molecule has 1 unspecified atom stereocenters. The number of nitrogens with one attached hydrogen (secondary N) is 1. The molecule has 0 spiro atoms. The lowest BCUT2D eigenvalue weighted by Crippen LogP contribution is -2.32. The molecule has 1 atom stereocenters. The molecule has 0 fully saturated rings. The summed E-state index contributed by atoms with van der Waals surface area (Å²) >= 11 is 7.82. The van der Waals surface area contributed by atoms with Gasteiger partial charge in [-0.2, -0.15) is 11.8 Å². The summed E-state index contributed by atoms with van der Waals surface area (Å²) in [5, 5.41) is 12.0. The predicted molar refractivity (Wildman–Crippen MR) is 85.3 cm³/mol. The zero-order valence-electron chi connectivity index (χ0n) is 11.6. The number of aliphatic hydroxyl groups excluding tert-OH is 1. The molecule has 2 N–H and O–H groups in total. The first-order valence-corrected chi connectivity index (χ1v) is 8.04. The first-order chi connectivity index (χ1) is 9.58. The number of halogens is 1. The second-order valence-corrected chi connectivity index (χ2v) is 5.70. The number of carbonyl (C=O) groups excluding carboxylic acids is 1. The van der Waals surface area contributed by atoms with Crippen LogP contribution < -0.4 is 5.32 Å². The molecule has 0 aliphatic heterocycles. The van der Waals surface area contributed by atoms with Gasteiger partial charge in [0.2, 0.25) is 0 Å². The maximum atomic E-state index is 12.0. The average molecular weight is 312 g/mol. The van der Waals surface area contributed by atoms with Crippen LogP contribution in [0.5, 0.6) is 0 Å². The van der Waals surface area contributed by atoms with Crippen molar-refractivity contribution >= 4 is 29.3 Å². The van der Waals surface area contributed by atoms with Gasteiger partial charge in [0.1, 0.15) is 6.61 Å².